The first-order chi connectivity index (χ1) is 24.8. The first-order valence-electron chi connectivity index (χ1n) is 16.6. The third kappa shape index (κ3) is 4.29. The van der Waals surface area contributed by atoms with Crippen LogP contribution in [0.4, 0.5) is 0 Å². The van der Waals surface area contributed by atoms with E-state index in [1.54, 1.807) is 0 Å². The topological polar surface area (TPSA) is 54.5 Å². The van der Waals surface area contributed by atoms with E-state index in [9.17, 15) is 5.26 Å². The molecule has 10 aromatic rings. The number of benzene rings is 7. The van der Waals surface area contributed by atoms with Crippen LogP contribution < -0.4 is 0 Å². The predicted molar refractivity (Wildman–Crippen MR) is 208 cm³/mol. The number of para-hydroxylation sites is 1. The largest absolute Gasteiger partial charge is 0.309 e. The van der Waals surface area contributed by atoms with E-state index in [2.05, 4.69) is 126 Å². The van der Waals surface area contributed by atoms with Gasteiger partial charge in [0.2, 0.25) is 0 Å². The van der Waals surface area contributed by atoms with Crippen LogP contribution in [0.25, 0.3) is 92.3 Å². The molecule has 3 aromatic heterocycles. The molecule has 50 heavy (non-hydrogen) atoms. The van der Waals surface area contributed by atoms with Crippen LogP contribution in [0.1, 0.15) is 5.56 Å². The third-order valence-electron chi connectivity index (χ3n) is 9.64. The molecule has 0 aliphatic heterocycles. The summed E-state index contributed by atoms with van der Waals surface area (Å²) in [6.07, 6.45) is 0. The van der Waals surface area contributed by atoms with Gasteiger partial charge in [-0.05, 0) is 47.2 Å². The van der Waals surface area contributed by atoms with Gasteiger partial charge in [0, 0.05) is 53.3 Å². The standard InChI is InChI=1S/C45H26N4S/c46-27-36-42(31-23-22-28-12-7-8-15-30(28)26-31)47-45(29-13-3-1-4-14-29)48-43(36)34-19-11-20-37-40(34)35-24-25-39-41(33-18-9-10-21-38(33)50-39)44(35)49(37)32-16-5-2-6-17-32/h1-26H. The van der Waals surface area contributed by atoms with E-state index < -0.39 is 0 Å². The summed E-state index contributed by atoms with van der Waals surface area (Å²) in [7, 11) is 0. The van der Waals surface area contributed by atoms with Crippen molar-refractivity contribution in [1.29, 1.82) is 5.26 Å². The van der Waals surface area contributed by atoms with E-state index in [0.717, 1.165) is 55.0 Å². The number of hydrogen-bond acceptors (Lipinski definition) is 4. The summed E-state index contributed by atoms with van der Waals surface area (Å²) in [5.41, 5.74) is 7.67. The minimum absolute atomic E-state index is 0.454. The van der Waals surface area contributed by atoms with E-state index >= 15 is 0 Å². The highest BCUT2D eigenvalue weighted by Crippen LogP contribution is 2.46. The zero-order valence-electron chi connectivity index (χ0n) is 26.7. The lowest BCUT2D eigenvalue weighted by Crippen LogP contribution is -2.01. The molecule has 3 heterocycles. The molecule has 0 N–H and O–H groups in total. The second-order valence-electron chi connectivity index (χ2n) is 12.5. The molecular formula is C45H26N4S. The van der Waals surface area contributed by atoms with Crippen LogP contribution in [0, 0.1) is 11.3 Å². The molecule has 10 rings (SSSR count). The summed E-state index contributed by atoms with van der Waals surface area (Å²) in [4.78, 5) is 10.3. The number of rotatable bonds is 4. The second kappa shape index (κ2) is 11.2. The molecule has 0 aliphatic carbocycles. The highest BCUT2D eigenvalue weighted by molar-refractivity contribution is 7.26. The quantitative estimate of drug-likeness (QED) is 0.190. The van der Waals surface area contributed by atoms with Crippen molar-refractivity contribution in [3.63, 3.8) is 0 Å². The average molecular weight is 655 g/mol. The summed E-state index contributed by atoms with van der Waals surface area (Å²) in [6, 6.07) is 57.2. The van der Waals surface area contributed by atoms with Crippen molar-refractivity contribution >= 4 is 64.1 Å². The van der Waals surface area contributed by atoms with Gasteiger partial charge in [-0.2, -0.15) is 5.26 Å². The first kappa shape index (κ1) is 28.4. The Morgan fingerprint density at radius 3 is 2.12 bits per heavy atom. The van der Waals surface area contributed by atoms with Gasteiger partial charge in [-0.3, -0.25) is 0 Å². The Morgan fingerprint density at radius 1 is 0.540 bits per heavy atom. The Bertz CT molecular complexity index is 2990. The molecule has 0 atom stereocenters. The molecule has 0 spiro atoms. The smallest absolute Gasteiger partial charge is 0.160 e. The summed E-state index contributed by atoms with van der Waals surface area (Å²) in [5.74, 6) is 0.581. The number of fused-ring (bicyclic) bond motifs is 8. The summed E-state index contributed by atoms with van der Waals surface area (Å²) < 4.78 is 4.88. The van der Waals surface area contributed by atoms with Gasteiger partial charge in [0.05, 0.1) is 22.4 Å². The Morgan fingerprint density at radius 2 is 1.28 bits per heavy atom. The van der Waals surface area contributed by atoms with Crippen molar-refractivity contribution in [2.75, 3.05) is 0 Å². The van der Waals surface area contributed by atoms with Crippen molar-refractivity contribution in [2.24, 2.45) is 0 Å². The lowest BCUT2D eigenvalue weighted by atomic mass is 9.95. The van der Waals surface area contributed by atoms with Gasteiger partial charge < -0.3 is 4.57 Å². The maximum Gasteiger partial charge on any atom is 0.160 e. The van der Waals surface area contributed by atoms with Crippen LogP contribution in [0.2, 0.25) is 0 Å². The molecule has 0 bridgehead atoms. The Balaban J connectivity index is 1.35. The van der Waals surface area contributed by atoms with Crippen LogP contribution in [0.5, 0.6) is 0 Å². The predicted octanol–water partition coefficient (Wildman–Crippen LogP) is 12.0. The van der Waals surface area contributed by atoms with Crippen LogP contribution in [0.15, 0.2) is 158 Å². The van der Waals surface area contributed by atoms with Crippen LogP contribution >= 0.6 is 11.3 Å². The zero-order valence-corrected chi connectivity index (χ0v) is 27.5. The third-order valence-corrected chi connectivity index (χ3v) is 10.8. The fraction of sp³-hybridized carbons (Fsp3) is 0. The second-order valence-corrected chi connectivity index (χ2v) is 13.5. The summed E-state index contributed by atoms with van der Waals surface area (Å²) >= 11 is 1.82. The molecule has 7 aromatic carbocycles. The fourth-order valence-corrected chi connectivity index (χ4v) is 8.54. The highest BCUT2D eigenvalue weighted by atomic mass is 32.1. The molecule has 0 amide bonds. The molecular weight excluding hydrogens is 629 g/mol. The zero-order chi connectivity index (χ0) is 33.2. The maximum atomic E-state index is 11.0. The molecule has 0 saturated heterocycles. The van der Waals surface area contributed by atoms with Crippen molar-refractivity contribution in [1.82, 2.24) is 14.5 Å². The lowest BCUT2D eigenvalue weighted by Gasteiger charge is -2.14. The molecule has 0 saturated carbocycles. The van der Waals surface area contributed by atoms with Crippen LogP contribution in [-0.4, -0.2) is 14.5 Å². The summed E-state index contributed by atoms with van der Waals surface area (Å²) in [5, 5.41) is 17.8. The van der Waals surface area contributed by atoms with Gasteiger partial charge in [-0.15, -0.1) is 11.3 Å². The number of nitriles is 1. The van der Waals surface area contributed by atoms with E-state index in [1.165, 1.54) is 20.2 Å². The van der Waals surface area contributed by atoms with Crippen LogP contribution in [-0.2, 0) is 0 Å². The van der Waals surface area contributed by atoms with E-state index in [1.807, 2.05) is 53.8 Å². The van der Waals surface area contributed by atoms with Crippen molar-refractivity contribution in [3.05, 3.63) is 163 Å². The molecule has 0 fully saturated rings. The van der Waals surface area contributed by atoms with Crippen molar-refractivity contribution in [3.8, 4) is 45.7 Å². The Hall–Kier alpha value is -6.61. The normalized spacial score (nSPS) is 11.6. The molecule has 0 aliphatic rings. The van der Waals surface area contributed by atoms with Gasteiger partial charge in [-0.25, -0.2) is 9.97 Å². The number of hydrogen-bond donors (Lipinski definition) is 0. The van der Waals surface area contributed by atoms with E-state index in [-0.39, 0.29) is 0 Å². The molecule has 232 valence electrons. The SMILES string of the molecule is N#Cc1c(-c2ccc3ccccc3c2)nc(-c2ccccc2)nc1-c1cccc2c1c1ccc3sc4ccccc4c3c1n2-c1ccccc1. The van der Waals surface area contributed by atoms with Crippen molar-refractivity contribution in [2.45, 2.75) is 0 Å². The van der Waals surface area contributed by atoms with Crippen molar-refractivity contribution < 1.29 is 0 Å². The molecule has 0 unspecified atom stereocenters. The van der Waals surface area contributed by atoms with E-state index in [0.29, 0.717) is 22.8 Å². The minimum atomic E-state index is 0.454. The van der Waals surface area contributed by atoms with Gasteiger partial charge in [0.25, 0.3) is 0 Å². The Kier molecular flexibility index (Phi) is 6.38. The molecule has 5 heteroatoms. The first-order valence-corrected chi connectivity index (χ1v) is 17.4. The van der Waals surface area contributed by atoms with Gasteiger partial charge in [-0.1, -0.05) is 121 Å². The number of thiophene rings is 1. The van der Waals surface area contributed by atoms with Gasteiger partial charge in [0.1, 0.15) is 11.6 Å². The molecule has 0 radical (unpaired) electrons. The minimum Gasteiger partial charge on any atom is -0.309 e. The lowest BCUT2D eigenvalue weighted by molar-refractivity contribution is 1.17. The number of aromatic nitrogens is 3. The highest BCUT2D eigenvalue weighted by Gasteiger charge is 2.24. The van der Waals surface area contributed by atoms with E-state index in [4.69, 9.17) is 9.97 Å². The average Bonchev–Trinajstić information content (AvgIpc) is 3.74. The van der Waals surface area contributed by atoms with Gasteiger partial charge >= 0.3 is 0 Å². The fourth-order valence-electron chi connectivity index (χ4n) is 7.43. The maximum absolute atomic E-state index is 11.0. The monoisotopic (exact) mass is 654 g/mol. The Labute approximate surface area is 291 Å². The molecule has 4 nitrogen and oxygen atoms in total. The number of nitrogens with zero attached hydrogens (tertiary/aromatic N) is 4. The van der Waals surface area contributed by atoms with Crippen LogP contribution in [0.3, 0.4) is 0 Å². The van der Waals surface area contributed by atoms with Gasteiger partial charge in [0.15, 0.2) is 5.82 Å². The summed E-state index contributed by atoms with van der Waals surface area (Å²) in [6.45, 7) is 0.